The Morgan fingerprint density at radius 3 is 2.81 bits per heavy atom. The first-order chi connectivity index (χ1) is 10.2. The van der Waals surface area contributed by atoms with Gasteiger partial charge in [0.15, 0.2) is 0 Å². The van der Waals surface area contributed by atoms with Gasteiger partial charge in [-0.1, -0.05) is 12.5 Å². The van der Waals surface area contributed by atoms with Gasteiger partial charge in [-0.15, -0.1) is 0 Å². The molecule has 116 valence electrons. The average Bonchev–Trinajstić information content (AvgIpc) is 2.94. The third-order valence-corrected chi connectivity index (χ3v) is 5.07. The van der Waals surface area contributed by atoms with Crippen molar-refractivity contribution in [3.05, 3.63) is 24.0 Å². The maximum absolute atomic E-state index is 4.27. The van der Waals surface area contributed by atoms with Crippen LogP contribution in [0.25, 0.3) is 5.57 Å². The number of piperidine rings is 1. The predicted octanol–water partition coefficient (Wildman–Crippen LogP) is 2.38. The van der Waals surface area contributed by atoms with Gasteiger partial charge in [-0.3, -0.25) is 9.58 Å². The molecule has 0 amide bonds. The van der Waals surface area contributed by atoms with Crippen molar-refractivity contribution < 1.29 is 0 Å². The fourth-order valence-corrected chi connectivity index (χ4v) is 3.60. The highest BCUT2D eigenvalue weighted by atomic mass is 15.2. The number of aryl methyl sites for hydroxylation is 1. The van der Waals surface area contributed by atoms with Gasteiger partial charge in [0.2, 0.25) is 0 Å². The lowest BCUT2D eigenvalue weighted by Gasteiger charge is -2.34. The first-order valence-corrected chi connectivity index (χ1v) is 8.33. The largest absolute Gasteiger partial charge is 0.303 e. The molecular formula is C17H28N4. The first kappa shape index (κ1) is 14.8. The molecule has 0 aromatic carbocycles. The van der Waals surface area contributed by atoms with E-state index in [4.69, 9.17) is 0 Å². The van der Waals surface area contributed by atoms with E-state index in [0.29, 0.717) is 0 Å². The van der Waals surface area contributed by atoms with Crippen molar-refractivity contribution in [1.82, 2.24) is 19.6 Å². The monoisotopic (exact) mass is 288 g/mol. The Morgan fingerprint density at radius 1 is 1.24 bits per heavy atom. The summed E-state index contributed by atoms with van der Waals surface area (Å²) < 4.78 is 1.89. The zero-order valence-corrected chi connectivity index (χ0v) is 13.5. The Hall–Kier alpha value is -1.13. The summed E-state index contributed by atoms with van der Waals surface area (Å²) in [5.41, 5.74) is 2.76. The van der Waals surface area contributed by atoms with E-state index in [1.54, 1.807) is 0 Å². The van der Waals surface area contributed by atoms with Crippen LogP contribution >= 0.6 is 0 Å². The molecule has 3 heterocycles. The van der Waals surface area contributed by atoms with E-state index in [2.05, 4.69) is 34.2 Å². The standard InChI is InChI=1S/C17H28N4/c1-19-9-4-3-5-17(19)8-12-21-10-6-15(7-11-21)16-13-18-20(2)14-16/h6,13-14,17H,3-5,7-12H2,1-2H3/t17-/m0/s1. The number of likely N-dealkylation sites (tertiary alicyclic amines) is 1. The number of hydrogen-bond acceptors (Lipinski definition) is 3. The minimum atomic E-state index is 0.808. The van der Waals surface area contributed by atoms with Crippen LogP contribution in [0.15, 0.2) is 18.5 Å². The molecule has 1 aromatic rings. The summed E-state index contributed by atoms with van der Waals surface area (Å²) in [4.78, 5) is 5.16. The molecule has 0 saturated carbocycles. The summed E-state index contributed by atoms with van der Waals surface area (Å²) >= 11 is 0. The van der Waals surface area contributed by atoms with E-state index < -0.39 is 0 Å². The summed E-state index contributed by atoms with van der Waals surface area (Å²) in [6.07, 6.45) is 13.2. The zero-order valence-electron chi connectivity index (χ0n) is 13.5. The quantitative estimate of drug-likeness (QED) is 0.850. The fraction of sp³-hybridized carbons (Fsp3) is 0.706. The molecule has 2 aliphatic rings. The highest BCUT2D eigenvalue weighted by molar-refractivity contribution is 5.65. The third kappa shape index (κ3) is 3.74. The van der Waals surface area contributed by atoms with Crippen molar-refractivity contribution in [2.75, 3.05) is 33.2 Å². The van der Waals surface area contributed by atoms with E-state index in [9.17, 15) is 0 Å². The van der Waals surface area contributed by atoms with Gasteiger partial charge in [0.05, 0.1) is 6.20 Å². The van der Waals surface area contributed by atoms with Crippen LogP contribution in [0.3, 0.4) is 0 Å². The molecule has 0 spiro atoms. The average molecular weight is 288 g/mol. The summed E-state index contributed by atoms with van der Waals surface area (Å²) in [6, 6.07) is 0.808. The third-order valence-electron chi connectivity index (χ3n) is 5.07. The number of nitrogens with zero attached hydrogens (tertiary/aromatic N) is 4. The topological polar surface area (TPSA) is 24.3 Å². The van der Waals surface area contributed by atoms with E-state index >= 15 is 0 Å². The summed E-state index contributed by atoms with van der Waals surface area (Å²) in [7, 11) is 4.28. The van der Waals surface area contributed by atoms with Crippen molar-refractivity contribution in [3.8, 4) is 0 Å². The molecule has 2 aliphatic heterocycles. The highest BCUT2D eigenvalue weighted by Crippen LogP contribution is 2.23. The van der Waals surface area contributed by atoms with Crippen LogP contribution in [0.5, 0.6) is 0 Å². The molecule has 0 aliphatic carbocycles. The predicted molar refractivity (Wildman–Crippen MR) is 87.1 cm³/mol. The summed E-state index contributed by atoms with van der Waals surface area (Å²) in [5, 5.41) is 4.27. The van der Waals surface area contributed by atoms with Crippen LogP contribution in [0, 0.1) is 0 Å². The molecule has 0 radical (unpaired) electrons. The molecule has 4 heteroatoms. The van der Waals surface area contributed by atoms with Crippen LogP contribution in [0.1, 0.15) is 37.7 Å². The molecule has 1 aromatic heterocycles. The smallest absolute Gasteiger partial charge is 0.0564 e. The van der Waals surface area contributed by atoms with E-state index in [-0.39, 0.29) is 0 Å². The molecule has 1 fully saturated rings. The number of aromatic nitrogens is 2. The van der Waals surface area contributed by atoms with Crippen LogP contribution in [-0.2, 0) is 7.05 Å². The Morgan fingerprint density at radius 2 is 2.14 bits per heavy atom. The zero-order chi connectivity index (χ0) is 14.7. The van der Waals surface area contributed by atoms with Gasteiger partial charge >= 0.3 is 0 Å². The molecule has 0 unspecified atom stereocenters. The van der Waals surface area contributed by atoms with Crippen molar-refractivity contribution in [1.29, 1.82) is 0 Å². The van der Waals surface area contributed by atoms with Crippen molar-refractivity contribution in [3.63, 3.8) is 0 Å². The number of hydrogen-bond donors (Lipinski definition) is 0. The molecule has 4 nitrogen and oxygen atoms in total. The van der Waals surface area contributed by atoms with Crippen molar-refractivity contribution >= 4 is 5.57 Å². The van der Waals surface area contributed by atoms with Gasteiger partial charge in [-0.25, -0.2) is 0 Å². The maximum atomic E-state index is 4.27. The van der Waals surface area contributed by atoms with Crippen LogP contribution in [0.2, 0.25) is 0 Å². The Labute approximate surface area is 128 Å². The second kappa shape index (κ2) is 6.75. The van der Waals surface area contributed by atoms with Gasteiger partial charge in [0.25, 0.3) is 0 Å². The Kier molecular flexibility index (Phi) is 4.76. The molecule has 1 saturated heterocycles. The van der Waals surface area contributed by atoms with Gasteiger partial charge < -0.3 is 4.90 Å². The van der Waals surface area contributed by atoms with Crippen LogP contribution in [0.4, 0.5) is 0 Å². The highest BCUT2D eigenvalue weighted by Gasteiger charge is 2.20. The van der Waals surface area contributed by atoms with Crippen molar-refractivity contribution in [2.45, 2.75) is 38.1 Å². The van der Waals surface area contributed by atoms with Crippen molar-refractivity contribution in [2.24, 2.45) is 7.05 Å². The molecule has 3 rings (SSSR count). The van der Waals surface area contributed by atoms with Gasteiger partial charge in [-0.2, -0.15) is 5.10 Å². The fourth-order valence-electron chi connectivity index (χ4n) is 3.60. The minimum absolute atomic E-state index is 0.808. The molecule has 0 bridgehead atoms. The lowest BCUT2D eigenvalue weighted by molar-refractivity contribution is 0.157. The molecular weight excluding hydrogens is 260 g/mol. The first-order valence-electron chi connectivity index (χ1n) is 8.33. The van der Waals surface area contributed by atoms with Crippen LogP contribution < -0.4 is 0 Å². The minimum Gasteiger partial charge on any atom is -0.303 e. The molecule has 0 N–H and O–H groups in total. The van der Waals surface area contributed by atoms with E-state index in [0.717, 1.165) is 19.0 Å². The summed E-state index contributed by atoms with van der Waals surface area (Å²) in [5.74, 6) is 0. The van der Waals surface area contributed by atoms with Crippen LogP contribution in [-0.4, -0.2) is 58.8 Å². The second-order valence-electron chi connectivity index (χ2n) is 6.60. The van der Waals surface area contributed by atoms with Gasteiger partial charge in [0, 0.05) is 37.9 Å². The molecule has 21 heavy (non-hydrogen) atoms. The van der Waals surface area contributed by atoms with Gasteiger partial charge in [-0.05, 0) is 51.4 Å². The van der Waals surface area contributed by atoms with E-state index in [1.807, 2.05) is 17.9 Å². The normalized spacial score (nSPS) is 25.0. The maximum Gasteiger partial charge on any atom is 0.0564 e. The van der Waals surface area contributed by atoms with Gasteiger partial charge in [0.1, 0.15) is 0 Å². The molecule has 1 atom stereocenters. The lowest BCUT2D eigenvalue weighted by Crippen LogP contribution is -2.39. The Bertz CT molecular complexity index is 491. The Balaban J connectivity index is 1.48. The number of rotatable bonds is 4. The lowest BCUT2D eigenvalue weighted by atomic mass is 9.99. The SMILES string of the molecule is CN1CCCC[C@H]1CCN1CC=C(c2cnn(C)c2)CC1. The summed E-state index contributed by atoms with van der Waals surface area (Å²) in [6.45, 7) is 4.82. The van der Waals surface area contributed by atoms with E-state index in [1.165, 1.54) is 56.5 Å². The second-order valence-corrected chi connectivity index (χ2v) is 6.60.